The number of carbonyl (C=O) groups excluding carboxylic acids is 1. The van der Waals surface area contributed by atoms with Crippen molar-refractivity contribution in [3.63, 3.8) is 0 Å². The van der Waals surface area contributed by atoms with Crippen LogP contribution >= 0.6 is 0 Å². The molecule has 1 aliphatic carbocycles. The van der Waals surface area contributed by atoms with Crippen LogP contribution in [0.1, 0.15) is 52.8 Å². The normalized spacial score (nSPS) is 19.9. The maximum absolute atomic E-state index is 12.7. The molecule has 1 N–H and O–H groups in total. The first-order valence-corrected chi connectivity index (χ1v) is 8.76. The van der Waals surface area contributed by atoms with Gasteiger partial charge < -0.3 is 14.4 Å². The SMILES string of the molecule is COc1ccc(OC)c([C@H]2CCN(C(=O)c3cc(C4CC4)[nH]n3)C2)c1. The van der Waals surface area contributed by atoms with Crippen LogP contribution in [-0.4, -0.2) is 48.3 Å². The van der Waals surface area contributed by atoms with Crippen LogP contribution in [0.25, 0.3) is 0 Å². The largest absolute Gasteiger partial charge is 0.497 e. The van der Waals surface area contributed by atoms with Gasteiger partial charge in [-0.1, -0.05) is 0 Å². The molecule has 1 aromatic heterocycles. The van der Waals surface area contributed by atoms with Crippen molar-refractivity contribution in [2.24, 2.45) is 0 Å². The summed E-state index contributed by atoms with van der Waals surface area (Å²) in [5.74, 6) is 2.47. The van der Waals surface area contributed by atoms with E-state index < -0.39 is 0 Å². The van der Waals surface area contributed by atoms with Crippen molar-refractivity contribution in [2.45, 2.75) is 31.1 Å². The number of nitrogens with zero attached hydrogens (tertiary/aromatic N) is 2. The summed E-state index contributed by atoms with van der Waals surface area (Å²) in [7, 11) is 3.33. The molecule has 0 spiro atoms. The third-order valence-corrected chi connectivity index (χ3v) is 5.19. The van der Waals surface area contributed by atoms with E-state index in [2.05, 4.69) is 10.2 Å². The Morgan fingerprint density at radius 2 is 2.00 bits per heavy atom. The quantitative estimate of drug-likeness (QED) is 0.908. The lowest BCUT2D eigenvalue weighted by Gasteiger charge is -2.17. The fourth-order valence-electron chi connectivity index (χ4n) is 3.57. The van der Waals surface area contributed by atoms with E-state index in [0.717, 1.165) is 35.7 Å². The molecule has 0 radical (unpaired) electrons. The van der Waals surface area contributed by atoms with E-state index in [9.17, 15) is 4.79 Å². The number of benzene rings is 1. The molecule has 2 fully saturated rings. The molecule has 1 saturated heterocycles. The van der Waals surface area contributed by atoms with Gasteiger partial charge in [0.05, 0.1) is 14.2 Å². The van der Waals surface area contributed by atoms with Crippen molar-refractivity contribution in [1.82, 2.24) is 15.1 Å². The fourth-order valence-corrected chi connectivity index (χ4v) is 3.57. The second kappa shape index (κ2) is 6.43. The van der Waals surface area contributed by atoms with Crippen molar-refractivity contribution in [3.05, 3.63) is 41.2 Å². The van der Waals surface area contributed by atoms with Crippen LogP contribution in [0.3, 0.4) is 0 Å². The minimum Gasteiger partial charge on any atom is -0.497 e. The second-order valence-electron chi connectivity index (χ2n) is 6.83. The van der Waals surface area contributed by atoms with E-state index in [1.54, 1.807) is 14.2 Å². The molecule has 2 heterocycles. The lowest BCUT2D eigenvalue weighted by Crippen LogP contribution is -2.28. The van der Waals surface area contributed by atoms with Crippen LogP contribution in [0.2, 0.25) is 0 Å². The lowest BCUT2D eigenvalue weighted by atomic mass is 9.97. The maximum Gasteiger partial charge on any atom is 0.274 e. The number of rotatable bonds is 5. The van der Waals surface area contributed by atoms with Gasteiger partial charge in [-0.3, -0.25) is 9.89 Å². The van der Waals surface area contributed by atoms with Gasteiger partial charge in [-0.25, -0.2) is 0 Å². The molecular formula is C19H23N3O3. The van der Waals surface area contributed by atoms with E-state index in [0.29, 0.717) is 18.2 Å². The van der Waals surface area contributed by atoms with Gasteiger partial charge >= 0.3 is 0 Å². The Kier molecular flexibility index (Phi) is 4.11. The van der Waals surface area contributed by atoms with Gasteiger partial charge in [0.25, 0.3) is 5.91 Å². The van der Waals surface area contributed by atoms with Crippen LogP contribution in [-0.2, 0) is 0 Å². The van der Waals surface area contributed by atoms with Crippen molar-refractivity contribution in [2.75, 3.05) is 27.3 Å². The highest BCUT2D eigenvalue weighted by Crippen LogP contribution is 2.39. The second-order valence-corrected chi connectivity index (χ2v) is 6.83. The Bertz CT molecular complexity index is 782. The van der Waals surface area contributed by atoms with Crippen LogP contribution in [0, 0.1) is 0 Å². The van der Waals surface area contributed by atoms with Gasteiger partial charge in [-0.15, -0.1) is 0 Å². The molecule has 1 aliphatic heterocycles. The minimum absolute atomic E-state index is 0.00696. The summed E-state index contributed by atoms with van der Waals surface area (Å²) in [6, 6.07) is 7.74. The van der Waals surface area contributed by atoms with E-state index >= 15 is 0 Å². The average molecular weight is 341 g/mol. The summed E-state index contributed by atoms with van der Waals surface area (Å²) in [4.78, 5) is 14.6. The van der Waals surface area contributed by atoms with Gasteiger partial charge in [-0.05, 0) is 43.5 Å². The summed E-state index contributed by atoms with van der Waals surface area (Å²) < 4.78 is 10.8. The first-order valence-electron chi connectivity index (χ1n) is 8.76. The molecule has 1 atom stereocenters. The summed E-state index contributed by atoms with van der Waals surface area (Å²) in [6.07, 6.45) is 3.30. The molecule has 6 nitrogen and oxygen atoms in total. The first-order chi connectivity index (χ1) is 12.2. The van der Waals surface area contributed by atoms with Gasteiger partial charge in [0, 0.05) is 36.2 Å². The fraction of sp³-hybridized carbons (Fsp3) is 0.474. The summed E-state index contributed by atoms with van der Waals surface area (Å²) in [6.45, 7) is 1.41. The highest BCUT2D eigenvalue weighted by atomic mass is 16.5. The minimum atomic E-state index is 0.00696. The number of likely N-dealkylation sites (tertiary alicyclic amines) is 1. The van der Waals surface area contributed by atoms with Crippen molar-refractivity contribution in [1.29, 1.82) is 0 Å². The van der Waals surface area contributed by atoms with Crippen LogP contribution in [0.5, 0.6) is 11.5 Å². The Labute approximate surface area is 147 Å². The number of methoxy groups -OCH3 is 2. The Hall–Kier alpha value is -2.50. The van der Waals surface area contributed by atoms with Gasteiger partial charge in [0.15, 0.2) is 0 Å². The van der Waals surface area contributed by atoms with Crippen molar-refractivity contribution in [3.8, 4) is 11.5 Å². The molecule has 132 valence electrons. The molecule has 4 rings (SSSR count). The Morgan fingerprint density at radius 3 is 2.72 bits per heavy atom. The molecule has 2 aliphatic rings. The zero-order chi connectivity index (χ0) is 17.4. The summed E-state index contributed by atoms with van der Waals surface area (Å²) >= 11 is 0. The van der Waals surface area contributed by atoms with Crippen molar-refractivity contribution < 1.29 is 14.3 Å². The first kappa shape index (κ1) is 16.0. The zero-order valence-corrected chi connectivity index (χ0v) is 14.6. The molecular weight excluding hydrogens is 318 g/mol. The lowest BCUT2D eigenvalue weighted by molar-refractivity contribution is 0.0785. The van der Waals surface area contributed by atoms with E-state index in [4.69, 9.17) is 9.47 Å². The number of nitrogens with one attached hydrogen (secondary N) is 1. The van der Waals surface area contributed by atoms with E-state index in [-0.39, 0.29) is 11.8 Å². The summed E-state index contributed by atoms with van der Waals surface area (Å²) in [5, 5.41) is 7.23. The molecule has 1 amide bonds. The number of H-pyrrole nitrogens is 1. The van der Waals surface area contributed by atoms with Gasteiger partial charge in [0.2, 0.25) is 0 Å². The van der Waals surface area contributed by atoms with Gasteiger partial charge in [0.1, 0.15) is 17.2 Å². The molecule has 2 aromatic rings. The number of amides is 1. The predicted octanol–water partition coefficient (Wildman–Crippen LogP) is 2.93. The van der Waals surface area contributed by atoms with Crippen LogP contribution < -0.4 is 9.47 Å². The number of hydrogen-bond acceptors (Lipinski definition) is 4. The van der Waals surface area contributed by atoms with Crippen LogP contribution in [0.15, 0.2) is 24.3 Å². The highest BCUT2D eigenvalue weighted by Gasteiger charge is 2.32. The van der Waals surface area contributed by atoms with E-state index in [1.165, 1.54) is 12.8 Å². The smallest absolute Gasteiger partial charge is 0.274 e. The molecule has 25 heavy (non-hydrogen) atoms. The predicted molar refractivity (Wildman–Crippen MR) is 93.4 cm³/mol. The molecule has 6 heteroatoms. The number of carbonyl (C=O) groups is 1. The third-order valence-electron chi connectivity index (χ3n) is 5.19. The molecule has 0 unspecified atom stereocenters. The van der Waals surface area contributed by atoms with Crippen molar-refractivity contribution >= 4 is 5.91 Å². The monoisotopic (exact) mass is 341 g/mol. The zero-order valence-electron chi connectivity index (χ0n) is 14.6. The third kappa shape index (κ3) is 3.08. The van der Waals surface area contributed by atoms with E-state index in [1.807, 2.05) is 29.2 Å². The highest BCUT2D eigenvalue weighted by molar-refractivity contribution is 5.92. The maximum atomic E-state index is 12.7. The van der Waals surface area contributed by atoms with Gasteiger partial charge in [-0.2, -0.15) is 5.10 Å². The molecule has 1 saturated carbocycles. The average Bonchev–Trinajstić information content (AvgIpc) is 3.19. The van der Waals surface area contributed by atoms with Crippen LogP contribution in [0.4, 0.5) is 0 Å². The Balaban J connectivity index is 1.49. The standard InChI is InChI=1S/C19H23N3O3/c1-24-14-5-6-18(25-2)15(9-14)13-7-8-22(11-13)19(23)17-10-16(20-21-17)12-3-4-12/h5-6,9-10,12-13H,3-4,7-8,11H2,1-2H3,(H,20,21)/t13-/m0/s1. The topological polar surface area (TPSA) is 67.5 Å². The molecule has 1 aromatic carbocycles. The Morgan fingerprint density at radius 1 is 1.16 bits per heavy atom. The number of aromatic nitrogens is 2. The number of ether oxygens (including phenoxy) is 2. The number of hydrogen-bond donors (Lipinski definition) is 1. The summed E-state index contributed by atoms with van der Waals surface area (Å²) in [5.41, 5.74) is 2.71. The number of aromatic amines is 1. The molecule has 0 bridgehead atoms.